The summed E-state index contributed by atoms with van der Waals surface area (Å²) in [6.07, 6.45) is 0. The summed E-state index contributed by atoms with van der Waals surface area (Å²) in [5, 5.41) is 1.42. The Balaban J connectivity index is 1.49. The average molecular weight is 363 g/mol. The van der Waals surface area contributed by atoms with E-state index in [-0.39, 0.29) is 5.78 Å². The Morgan fingerprint density at radius 1 is 0.923 bits per heavy atom. The molecule has 0 bridgehead atoms. The van der Waals surface area contributed by atoms with Crippen molar-refractivity contribution in [3.05, 3.63) is 101 Å². The standard InChI is InChI=1S/C22H15ClO3/c23-18-8-11-20-17(12-18)13-21(26-20)22(24)16-6-9-19(10-7-16)25-14-15-4-2-1-3-5-15/h1-13H,14H2. The van der Waals surface area contributed by atoms with E-state index in [1.807, 2.05) is 30.3 Å². The predicted octanol–water partition coefficient (Wildman–Crippen LogP) is 5.90. The Bertz CT molecular complexity index is 1050. The van der Waals surface area contributed by atoms with Gasteiger partial charge in [-0.2, -0.15) is 0 Å². The highest BCUT2D eigenvalue weighted by atomic mass is 35.5. The summed E-state index contributed by atoms with van der Waals surface area (Å²) in [7, 11) is 0. The molecule has 1 aromatic heterocycles. The molecule has 0 aliphatic carbocycles. The molecule has 0 fully saturated rings. The van der Waals surface area contributed by atoms with Gasteiger partial charge in [-0.25, -0.2) is 0 Å². The lowest BCUT2D eigenvalue weighted by Gasteiger charge is -2.06. The molecule has 0 saturated carbocycles. The highest BCUT2D eigenvalue weighted by Crippen LogP contribution is 2.25. The molecule has 0 aliphatic rings. The van der Waals surface area contributed by atoms with Crippen LogP contribution in [-0.2, 0) is 6.61 Å². The van der Waals surface area contributed by atoms with Gasteiger partial charge in [-0.15, -0.1) is 0 Å². The van der Waals surface area contributed by atoms with Crippen LogP contribution in [0.5, 0.6) is 5.75 Å². The molecule has 0 atom stereocenters. The molecule has 0 aliphatic heterocycles. The van der Waals surface area contributed by atoms with Crippen molar-refractivity contribution in [3.63, 3.8) is 0 Å². The zero-order valence-electron chi connectivity index (χ0n) is 13.8. The molecular weight excluding hydrogens is 348 g/mol. The quantitative estimate of drug-likeness (QED) is 0.415. The number of ether oxygens (including phenoxy) is 1. The second-order valence-electron chi connectivity index (χ2n) is 5.92. The van der Waals surface area contributed by atoms with Crippen molar-refractivity contribution in [3.8, 4) is 5.75 Å². The van der Waals surface area contributed by atoms with Gasteiger partial charge in [0, 0.05) is 16.0 Å². The van der Waals surface area contributed by atoms with Crippen LogP contribution in [0.1, 0.15) is 21.7 Å². The topological polar surface area (TPSA) is 39.4 Å². The third-order valence-corrected chi connectivity index (χ3v) is 4.30. The Kier molecular flexibility index (Phi) is 4.46. The summed E-state index contributed by atoms with van der Waals surface area (Å²) in [4.78, 5) is 12.6. The van der Waals surface area contributed by atoms with Crippen LogP contribution >= 0.6 is 11.6 Å². The van der Waals surface area contributed by atoms with Gasteiger partial charge in [0.2, 0.25) is 5.78 Å². The van der Waals surface area contributed by atoms with E-state index in [0.717, 1.165) is 10.9 Å². The summed E-state index contributed by atoms with van der Waals surface area (Å²) in [6, 6.07) is 24.0. The van der Waals surface area contributed by atoms with Gasteiger partial charge in [0.1, 0.15) is 17.9 Å². The van der Waals surface area contributed by atoms with Gasteiger partial charge < -0.3 is 9.15 Å². The van der Waals surface area contributed by atoms with Gasteiger partial charge >= 0.3 is 0 Å². The van der Waals surface area contributed by atoms with Gasteiger partial charge in [-0.1, -0.05) is 41.9 Å². The molecular formula is C22H15ClO3. The molecule has 3 nitrogen and oxygen atoms in total. The number of benzene rings is 3. The van der Waals surface area contributed by atoms with Crippen LogP contribution in [-0.4, -0.2) is 5.78 Å². The zero-order valence-corrected chi connectivity index (χ0v) is 14.6. The van der Waals surface area contributed by atoms with E-state index >= 15 is 0 Å². The summed E-state index contributed by atoms with van der Waals surface area (Å²) < 4.78 is 11.4. The van der Waals surface area contributed by atoms with Crippen LogP contribution in [0.3, 0.4) is 0 Å². The minimum atomic E-state index is -0.174. The van der Waals surface area contributed by atoms with Crippen LogP contribution in [0.2, 0.25) is 5.02 Å². The normalized spacial score (nSPS) is 10.8. The first kappa shape index (κ1) is 16.4. The molecule has 0 unspecified atom stereocenters. The van der Waals surface area contributed by atoms with Crippen molar-refractivity contribution in [2.75, 3.05) is 0 Å². The number of fused-ring (bicyclic) bond motifs is 1. The molecule has 3 aromatic carbocycles. The molecule has 4 heteroatoms. The number of halogens is 1. The van der Waals surface area contributed by atoms with E-state index in [1.165, 1.54) is 0 Å². The number of furan rings is 1. The van der Waals surface area contributed by atoms with Crippen LogP contribution in [0, 0.1) is 0 Å². The zero-order chi connectivity index (χ0) is 17.9. The average Bonchev–Trinajstić information content (AvgIpc) is 3.10. The molecule has 0 radical (unpaired) electrons. The van der Waals surface area contributed by atoms with Crippen LogP contribution in [0.25, 0.3) is 11.0 Å². The maximum absolute atomic E-state index is 12.6. The monoisotopic (exact) mass is 362 g/mol. The Morgan fingerprint density at radius 3 is 2.46 bits per heavy atom. The smallest absolute Gasteiger partial charge is 0.228 e. The summed E-state index contributed by atoms with van der Waals surface area (Å²) in [5.74, 6) is 0.828. The molecule has 0 saturated heterocycles. The number of hydrogen-bond donors (Lipinski definition) is 0. The minimum absolute atomic E-state index is 0.174. The van der Waals surface area contributed by atoms with Crippen molar-refractivity contribution in [2.24, 2.45) is 0 Å². The molecule has 4 aromatic rings. The molecule has 1 heterocycles. The second kappa shape index (κ2) is 7.06. The fraction of sp³-hybridized carbons (Fsp3) is 0.0455. The van der Waals surface area contributed by atoms with Crippen LogP contribution in [0.4, 0.5) is 0 Å². The summed E-state index contributed by atoms with van der Waals surface area (Å²) >= 11 is 5.98. The Morgan fingerprint density at radius 2 is 1.69 bits per heavy atom. The Labute approximate surface area is 155 Å². The maximum Gasteiger partial charge on any atom is 0.228 e. The van der Waals surface area contributed by atoms with Gasteiger partial charge in [-0.05, 0) is 54.1 Å². The van der Waals surface area contributed by atoms with Crippen LogP contribution in [0.15, 0.2) is 83.3 Å². The highest BCUT2D eigenvalue weighted by molar-refractivity contribution is 6.31. The van der Waals surface area contributed by atoms with Crippen molar-refractivity contribution < 1.29 is 13.9 Å². The van der Waals surface area contributed by atoms with Crippen LogP contribution < -0.4 is 4.74 Å². The number of rotatable bonds is 5. The largest absolute Gasteiger partial charge is 0.489 e. The van der Waals surface area contributed by atoms with Crippen molar-refractivity contribution in [1.29, 1.82) is 0 Å². The van der Waals surface area contributed by atoms with Crippen molar-refractivity contribution in [2.45, 2.75) is 6.61 Å². The van der Waals surface area contributed by atoms with Crippen molar-refractivity contribution in [1.82, 2.24) is 0 Å². The van der Waals surface area contributed by atoms with E-state index in [2.05, 4.69) is 0 Å². The highest BCUT2D eigenvalue weighted by Gasteiger charge is 2.15. The predicted molar refractivity (Wildman–Crippen MR) is 102 cm³/mol. The van der Waals surface area contributed by atoms with Gasteiger partial charge in [0.25, 0.3) is 0 Å². The Hall–Kier alpha value is -3.04. The SMILES string of the molecule is O=C(c1ccc(OCc2ccccc2)cc1)c1cc2cc(Cl)ccc2o1. The van der Waals surface area contributed by atoms with Crippen molar-refractivity contribution >= 4 is 28.4 Å². The fourth-order valence-corrected chi connectivity index (χ4v) is 2.89. The maximum atomic E-state index is 12.6. The van der Waals surface area contributed by atoms with E-state index < -0.39 is 0 Å². The molecule has 0 spiro atoms. The molecule has 128 valence electrons. The third kappa shape index (κ3) is 3.48. The lowest BCUT2D eigenvalue weighted by molar-refractivity contribution is 0.101. The third-order valence-electron chi connectivity index (χ3n) is 4.07. The molecule has 0 amide bonds. The minimum Gasteiger partial charge on any atom is -0.489 e. The first-order chi connectivity index (χ1) is 12.7. The molecule has 0 N–H and O–H groups in total. The van der Waals surface area contributed by atoms with Gasteiger partial charge in [0.15, 0.2) is 5.76 Å². The molecule has 26 heavy (non-hydrogen) atoms. The summed E-state index contributed by atoms with van der Waals surface area (Å²) in [5.41, 5.74) is 2.27. The van der Waals surface area contributed by atoms with E-state index in [0.29, 0.717) is 34.3 Å². The molecule has 4 rings (SSSR count). The first-order valence-corrected chi connectivity index (χ1v) is 8.57. The van der Waals surface area contributed by atoms with E-state index in [9.17, 15) is 4.79 Å². The van der Waals surface area contributed by atoms with E-state index in [4.69, 9.17) is 20.8 Å². The number of ketones is 1. The van der Waals surface area contributed by atoms with Gasteiger partial charge in [-0.3, -0.25) is 4.79 Å². The lowest BCUT2D eigenvalue weighted by atomic mass is 10.1. The summed E-state index contributed by atoms with van der Waals surface area (Å²) in [6.45, 7) is 0.485. The van der Waals surface area contributed by atoms with Gasteiger partial charge in [0.05, 0.1) is 0 Å². The lowest BCUT2D eigenvalue weighted by Crippen LogP contribution is -2.00. The number of hydrogen-bond acceptors (Lipinski definition) is 3. The fourth-order valence-electron chi connectivity index (χ4n) is 2.71. The number of carbonyl (C=O) groups is 1. The number of carbonyl (C=O) groups excluding carboxylic acids is 1. The first-order valence-electron chi connectivity index (χ1n) is 8.20. The van der Waals surface area contributed by atoms with E-state index in [1.54, 1.807) is 48.5 Å². The second-order valence-corrected chi connectivity index (χ2v) is 6.36.